The molecule has 0 bridgehead atoms. The Morgan fingerprint density at radius 1 is 1.03 bits per heavy atom. The Balaban J connectivity index is 1.31. The Kier molecular flexibility index (Phi) is 6.15. The highest BCUT2D eigenvalue weighted by atomic mass is 19.1. The number of rotatable bonds is 4. The van der Waals surface area contributed by atoms with Crippen molar-refractivity contribution in [1.82, 2.24) is 30.4 Å². The van der Waals surface area contributed by atoms with Crippen LogP contribution >= 0.6 is 0 Å². The number of likely N-dealkylation sites (N-methyl/N-ethyl adjacent to an activating group) is 1. The van der Waals surface area contributed by atoms with E-state index in [0.717, 1.165) is 67.0 Å². The van der Waals surface area contributed by atoms with Crippen molar-refractivity contribution < 1.29 is 4.39 Å². The van der Waals surface area contributed by atoms with Crippen LogP contribution in [0.5, 0.6) is 0 Å². The highest BCUT2D eigenvalue weighted by molar-refractivity contribution is 5.90. The predicted octanol–water partition coefficient (Wildman–Crippen LogP) is 4.70. The van der Waals surface area contributed by atoms with Gasteiger partial charge in [-0.15, -0.1) is 0 Å². The minimum atomic E-state index is -0.279. The highest BCUT2D eigenvalue weighted by Crippen LogP contribution is 2.33. The maximum Gasteiger partial charge on any atom is 0.163 e. The zero-order valence-electron chi connectivity index (χ0n) is 20.9. The first kappa shape index (κ1) is 23.1. The van der Waals surface area contributed by atoms with Crippen LogP contribution in [0, 0.1) is 12.7 Å². The summed E-state index contributed by atoms with van der Waals surface area (Å²) in [5.41, 5.74) is 6.67. The first-order valence-corrected chi connectivity index (χ1v) is 12.9. The van der Waals surface area contributed by atoms with Crippen LogP contribution < -0.4 is 10.2 Å². The van der Waals surface area contributed by atoms with Gasteiger partial charge in [0.1, 0.15) is 22.5 Å². The normalized spacial score (nSPS) is 19.2. The van der Waals surface area contributed by atoms with Crippen molar-refractivity contribution in [1.29, 1.82) is 0 Å². The number of benzene rings is 2. The number of aromatic nitrogens is 4. The van der Waals surface area contributed by atoms with Gasteiger partial charge in [0.25, 0.3) is 0 Å². The zero-order chi connectivity index (χ0) is 24.6. The molecule has 2 aromatic carbocycles. The van der Waals surface area contributed by atoms with Gasteiger partial charge in [-0.3, -0.25) is 5.10 Å². The number of aryl methyl sites for hydroxylation is 1. The van der Waals surface area contributed by atoms with Crippen molar-refractivity contribution >= 4 is 16.7 Å². The average molecular weight is 486 g/mol. The Morgan fingerprint density at radius 3 is 2.56 bits per heavy atom. The Morgan fingerprint density at radius 2 is 1.83 bits per heavy atom. The number of aromatic amines is 1. The molecule has 8 heteroatoms. The summed E-state index contributed by atoms with van der Waals surface area (Å²) in [7, 11) is 2.16. The first-order valence-electron chi connectivity index (χ1n) is 12.9. The topological polar surface area (TPSA) is 73.0 Å². The van der Waals surface area contributed by atoms with E-state index in [1.54, 1.807) is 12.3 Å². The number of halogens is 1. The minimum absolute atomic E-state index is 0.207. The fourth-order valence-electron chi connectivity index (χ4n) is 5.42. The zero-order valence-corrected chi connectivity index (χ0v) is 20.9. The molecule has 2 aliphatic rings. The highest BCUT2D eigenvalue weighted by Gasteiger charge is 2.21. The Labute approximate surface area is 210 Å². The van der Waals surface area contributed by atoms with Crippen LogP contribution in [0.15, 0.2) is 42.6 Å². The summed E-state index contributed by atoms with van der Waals surface area (Å²) in [4.78, 5) is 14.0. The first-order chi connectivity index (χ1) is 17.6. The molecule has 1 atom stereocenters. The molecule has 2 N–H and O–H groups in total. The van der Waals surface area contributed by atoms with Gasteiger partial charge in [0.05, 0.1) is 11.8 Å². The van der Waals surface area contributed by atoms with E-state index < -0.39 is 0 Å². The Bertz CT molecular complexity index is 1340. The molecular weight excluding hydrogens is 453 g/mol. The van der Waals surface area contributed by atoms with Crippen LogP contribution in [0.3, 0.4) is 0 Å². The molecule has 2 aromatic heterocycles. The molecule has 2 fully saturated rings. The number of H-pyrrole nitrogens is 1. The molecule has 0 amide bonds. The molecule has 36 heavy (non-hydrogen) atoms. The number of piperazine rings is 1. The molecule has 0 radical (unpaired) electrons. The largest absolute Gasteiger partial charge is 0.369 e. The van der Waals surface area contributed by atoms with Crippen LogP contribution in [0.2, 0.25) is 0 Å². The van der Waals surface area contributed by atoms with Gasteiger partial charge < -0.3 is 15.1 Å². The summed E-state index contributed by atoms with van der Waals surface area (Å²) in [6.07, 6.45) is 5.07. The smallest absolute Gasteiger partial charge is 0.163 e. The lowest BCUT2D eigenvalue weighted by atomic mass is 9.94. The number of hydrogen-bond donors (Lipinski definition) is 2. The Hall–Kier alpha value is -3.36. The van der Waals surface area contributed by atoms with Gasteiger partial charge in [-0.05, 0) is 62.7 Å². The summed E-state index contributed by atoms with van der Waals surface area (Å²) in [5, 5.41) is 11.1. The van der Waals surface area contributed by atoms with Gasteiger partial charge >= 0.3 is 0 Å². The third-order valence-corrected chi connectivity index (χ3v) is 7.56. The molecule has 7 nitrogen and oxygen atoms in total. The number of piperidine rings is 1. The summed E-state index contributed by atoms with van der Waals surface area (Å²) in [6.45, 7) is 7.11. The van der Waals surface area contributed by atoms with Crippen LogP contribution in [0.4, 0.5) is 10.1 Å². The van der Waals surface area contributed by atoms with Crippen LogP contribution in [0.1, 0.15) is 36.4 Å². The van der Waals surface area contributed by atoms with E-state index in [0.29, 0.717) is 16.9 Å². The molecule has 4 heterocycles. The fraction of sp³-hybridized carbons (Fsp3) is 0.393. The molecule has 4 aromatic rings. The molecular formula is C28H32FN7. The standard InChI is InChI=1S/C28H32FN7/c1-18-15-20(23-5-3-4-10-30-23)16-22(29)25(18)28-31-17-24-27(32-28)26(34-33-24)19-6-8-21(9-7-19)36-13-11-35(2)12-14-36/h6-9,15-17,23,30H,3-5,10-14H2,1-2H3,(H,33,34). The number of nitrogens with zero attached hydrogens (tertiary/aromatic N) is 5. The van der Waals surface area contributed by atoms with E-state index in [1.807, 2.05) is 6.92 Å². The van der Waals surface area contributed by atoms with Crippen LogP contribution in [-0.4, -0.2) is 64.8 Å². The van der Waals surface area contributed by atoms with Crippen molar-refractivity contribution in [2.45, 2.75) is 32.2 Å². The van der Waals surface area contributed by atoms with E-state index in [2.05, 4.69) is 67.7 Å². The van der Waals surface area contributed by atoms with E-state index in [1.165, 1.54) is 18.5 Å². The van der Waals surface area contributed by atoms with Crippen molar-refractivity contribution in [2.75, 3.05) is 44.7 Å². The monoisotopic (exact) mass is 485 g/mol. The van der Waals surface area contributed by atoms with E-state index >= 15 is 4.39 Å². The maximum atomic E-state index is 15.4. The van der Waals surface area contributed by atoms with Crippen molar-refractivity contribution in [3.8, 4) is 22.6 Å². The van der Waals surface area contributed by atoms with Gasteiger partial charge in [0, 0.05) is 43.5 Å². The van der Waals surface area contributed by atoms with Crippen LogP contribution in [-0.2, 0) is 0 Å². The van der Waals surface area contributed by atoms with Crippen molar-refractivity contribution in [3.05, 3.63) is 59.5 Å². The fourth-order valence-corrected chi connectivity index (χ4v) is 5.42. The minimum Gasteiger partial charge on any atom is -0.369 e. The van der Waals surface area contributed by atoms with E-state index in [4.69, 9.17) is 4.98 Å². The number of nitrogens with one attached hydrogen (secondary N) is 2. The van der Waals surface area contributed by atoms with Crippen molar-refractivity contribution in [2.24, 2.45) is 0 Å². The molecule has 0 aliphatic carbocycles. The van der Waals surface area contributed by atoms with Gasteiger partial charge in [-0.1, -0.05) is 24.6 Å². The molecule has 2 saturated heterocycles. The third kappa shape index (κ3) is 4.35. The second-order valence-corrected chi connectivity index (χ2v) is 10.1. The SMILES string of the molecule is Cc1cc(C2CCCCN2)cc(F)c1-c1ncc2[nH]nc(-c3ccc(N4CCN(C)CC4)cc3)c2n1. The van der Waals surface area contributed by atoms with E-state index in [-0.39, 0.29) is 11.9 Å². The summed E-state index contributed by atoms with van der Waals surface area (Å²) >= 11 is 0. The molecule has 6 rings (SSSR count). The molecule has 0 spiro atoms. The summed E-state index contributed by atoms with van der Waals surface area (Å²) in [6, 6.07) is 12.4. The summed E-state index contributed by atoms with van der Waals surface area (Å²) < 4.78 is 15.4. The second-order valence-electron chi connectivity index (χ2n) is 10.1. The quantitative estimate of drug-likeness (QED) is 0.437. The lowest BCUT2D eigenvalue weighted by Crippen LogP contribution is -2.44. The molecule has 1 unspecified atom stereocenters. The van der Waals surface area contributed by atoms with Gasteiger partial charge in [-0.25, -0.2) is 14.4 Å². The molecule has 0 saturated carbocycles. The van der Waals surface area contributed by atoms with Crippen LogP contribution in [0.25, 0.3) is 33.7 Å². The van der Waals surface area contributed by atoms with Gasteiger partial charge in [0.2, 0.25) is 0 Å². The average Bonchev–Trinajstić information content (AvgIpc) is 3.33. The maximum absolute atomic E-state index is 15.4. The van der Waals surface area contributed by atoms with E-state index in [9.17, 15) is 0 Å². The lowest BCUT2D eigenvalue weighted by Gasteiger charge is -2.34. The summed E-state index contributed by atoms with van der Waals surface area (Å²) in [5.74, 6) is 0.107. The molecule has 186 valence electrons. The van der Waals surface area contributed by atoms with Crippen molar-refractivity contribution in [3.63, 3.8) is 0 Å². The predicted molar refractivity (Wildman–Crippen MR) is 142 cm³/mol. The number of fused-ring (bicyclic) bond motifs is 1. The second kappa shape index (κ2) is 9.59. The number of hydrogen-bond acceptors (Lipinski definition) is 6. The lowest BCUT2D eigenvalue weighted by molar-refractivity contribution is 0.313. The van der Waals surface area contributed by atoms with Gasteiger partial charge in [-0.2, -0.15) is 5.10 Å². The van der Waals surface area contributed by atoms with Gasteiger partial charge in [0.15, 0.2) is 5.82 Å². The molecule has 2 aliphatic heterocycles. The third-order valence-electron chi connectivity index (χ3n) is 7.56. The number of anilines is 1.